The van der Waals surface area contributed by atoms with Crippen LogP contribution in [0.15, 0.2) is 48.5 Å². The Hall–Kier alpha value is -4.22. The molecule has 0 saturated carbocycles. The Morgan fingerprint density at radius 3 is 2.33 bits per heavy atom. The number of imidazole rings is 1. The lowest BCUT2D eigenvalue weighted by Gasteiger charge is -2.18. The molecule has 0 atom stereocenters. The first kappa shape index (κ1) is 24.9. The van der Waals surface area contributed by atoms with Crippen molar-refractivity contribution in [2.75, 3.05) is 33.1 Å². The van der Waals surface area contributed by atoms with Gasteiger partial charge in [-0.15, -0.1) is 0 Å². The number of carbonyl (C=O) groups excluding carboxylic acids is 1. The zero-order chi connectivity index (χ0) is 25.7. The summed E-state index contributed by atoms with van der Waals surface area (Å²) < 4.78 is 11.9. The van der Waals surface area contributed by atoms with Crippen LogP contribution in [0.25, 0.3) is 11.2 Å². The molecule has 2 aromatic heterocycles. The fourth-order valence-corrected chi connectivity index (χ4v) is 3.70. The standard InChI is InChI=1S/C25H29N7O4/c1-31(14-17-5-3-16(13-26)4-6-17)23(33)19-9-7-18(8-10-19)15-32-22-20(28-25(32)34)21(27)29-24(30-22)36-12-11-35-2/h3-10H,11-15,26H2,1-2H3,(H,28,34)(H2,27,29,30). The summed E-state index contributed by atoms with van der Waals surface area (Å²) in [4.78, 5) is 27.1. The summed E-state index contributed by atoms with van der Waals surface area (Å²) in [6.07, 6.45) is 0. The van der Waals surface area contributed by atoms with Crippen LogP contribution in [0.2, 0.25) is 0 Å². The third-order valence-corrected chi connectivity index (χ3v) is 5.67. The molecule has 1 amide bonds. The van der Waals surface area contributed by atoms with E-state index >= 15 is 0 Å². The largest absolute Gasteiger partial charge is 0.480 e. The molecule has 188 valence electrons. The first-order valence-corrected chi connectivity index (χ1v) is 11.4. The van der Waals surface area contributed by atoms with Crippen LogP contribution >= 0.6 is 0 Å². The lowest BCUT2D eigenvalue weighted by atomic mass is 10.1. The molecule has 36 heavy (non-hydrogen) atoms. The normalized spacial score (nSPS) is 11.1. The Balaban J connectivity index is 1.48. The third-order valence-electron chi connectivity index (χ3n) is 5.67. The molecule has 0 saturated heterocycles. The number of benzene rings is 2. The molecule has 0 radical (unpaired) electrons. The fourth-order valence-electron chi connectivity index (χ4n) is 3.70. The molecule has 11 nitrogen and oxygen atoms in total. The topological polar surface area (TPSA) is 155 Å². The maximum atomic E-state index is 12.9. The third kappa shape index (κ3) is 5.53. The highest BCUT2D eigenvalue weighted by Gasteiger charge is 2.18. The van der Waals surface area contributed by atoms with Crippen LogP contribution in [0.5, 0.6) is 12.0 Å². The molecule has 4 aromatic rings. The van der Waals surface area contributed by atoms with Crippen LogP contribution in [0.1, 0.15) is 27.0 Å². The fraction of sp³-hybridized carbons (Fsp3) is 0.280. The van der Waals surface area contributed by atoms with Gasteiger partial charge in [-0.1, -0.05) is 36.4 Å². The summed E-state index contributed by atoms with van der Waals surface area (Å²) in [5.41, 5.74) is 15.7. The summed E-state index contributed by atoms with van der Waals surface area (Å²) in [7, 11) is 3.33. The van der Waals surface area contributed by atoms with E-state index < -0.39 is 0 Å². The molecule has 4 rings (SSSR count). The van der Waals surface area contributed by atoms with E-state index in [2.05, 4.69) is 15.0 Å². The smallest absolute Gasteiger partial charge is 0.320 e. The number of nitrogens with zero attached hydrogens (tertiary/aromatic N) is 5. The second-order valence-corrected chi connectivity index (χ2v) is 8.28. The van der Waals surface area contributed by atoms with Gasteiger partial charge in [-0.3, -0.25) is 9.36 Å². The van der Waals surface area contributed by atoms with Crippen LogP contribution in [0.3, 0.4) is 0 Å². The van der Waals surface area contributed by atoms with E-state index in [4.69, 9.17) is 20.9 Å². The highest BCUT2D eigenvalue weighted by molar-refractivity contribution is 5.94. The van der Waals surface area contributed by atoms with Gasteiger partial charge in [0.15, 0.2) is 17.0 Å². The number of hydrogen-bond acceptors (Lipinski definition) is 9. The molecule has 0 bridgehead atoms. The van der Waals surface area contributed by atoms with Gasteiger partial charge < -0.3 is 30.9 Å². The molecule has 0 aliphatic rings. The lowest BCUT2D eigenvalue weighted by Crippen LogP contribution is -2.26. The summed E-state index contributed by atoms with van der Waals surface area (Å²) in [5.74, 6) is 0.00172. The monoisotopic (exact) mass is 491 g/mol. The number of amides is 1. The van der Waals surface area contributed by atoms with Crippen molar-refractivity contribution >= 4 is 22.9 Å². The van der Waals surface area contributed by atoms with E-state index in [9.17, 15) is 9.90 Å². The van der Waals surface area contributed by atoms with Crippen LogP contribution < -0.4 is 16.2 Å². The molecular formula is C25H29N7O4. The zero-order valence-corrected chi connectivity index (χ0v) is 20.2. The molecule has 11 heteroatoms. The van der Waals surface area contributed by atoms with Gasteiger partial charge in [0.2, 0.25) is 0 Å². The molecular weight excluding hydrogens is 462 g/mol. The first-order chi connectivity index (χ1) is 17.4. The number of carbonyl (C=O) groups is 1. The van der Waals surface area contributed by atoms with E-state index in [1.54, 1.807) is 31.2 Å². The van der Waals surface area contributed by atoms with Crippen molar-refractivity contribution in [3.63, 3.8) is 0 Å². The van der Waals surface area contributed by atoms with Crippen molar-refractivity contribution in [2.45, 2.75) is 19.6 Å². The zero-order valence-electron chi connectivity index (χ0n) is 20.2. The number of ether oxygens (including phenoxy) is 2. The number of anilines is 1. The Morgan fingerprint density at radius 1 is 1.00 bits per heavy atom. The van der Waals surface area contributed by atoms with Gasteiger partial charge in [-0.05, 0) is 28.8 Å². The van der Waals surface area contributed by atoms with Gasteiger partial charge in [0.05, 0.1) is 13.2 Å². The second kappa shape index (κ2) is 11.0. The minimum absolute atomic E-state index is 0.0693. The van der Waals surface area contributed by atoms with Gasteiger partial charge >= 0.3 is 6.01 Å². The molecule has 2 aromatic carbocycles. The Kier molecular flexibility index (Phi) is 7.62. The molecule has 0 aliphatic carbocycles. The van der Waals surface area contributed by atoms with Crippen LogP contribution in [-0.2, 0) is 24.4 Å². The van der Waals surface area contributed by atoms with Gasteiger partial charge in [0.1, 0.15) is 6.61 Å². The Bertz CT molecular complexity index is 1340. The van der Waals surface area contributed by atoms with Crippen molar-refractivity contribution in [2.24, 2.45) is 5.73 Å². The highest BCUT2D eigenvalue weighted by atomic mass is 16.5. The van der Waals surface area contributed by atoms with Crippen molar-refractivity contribution in [1.82, 2.24) is 24.4 Å². The average molecular weight is 492 g/mol. The van der Waals surface area contributed by atoms with Crippen molar-refractivity contribution in [3.8, 4) is 12.0 Å². The summed E-state index contributed by atoms with van der Waals surface area (Å²) in [6, 6.07) is 14.8. The maximum absolute atomic E-state index is 12.9. The predicted octanol–water partition coefficient (Wildman–Crippen LogP) is 1.92. The number of fused-ring (bicyclic) bond motifs is 1. The van der Waals surface area contributed by atoms with Crippen LogP contribution in [-0.4, -0.2) is 62.8 Å². The van der Waals surface area contributed by atoms with E-state index in [0.29, 0.717) is 30.9 Å². The number of rotatable bonds is 10. The van der Waals surface area contributed by atoms with E-state index in [1.807, 2.05) is 36.4 Å². The Labute approximate surface area is 208 Å². The second-order valence-electron chi connectivity index (χ2n) is 8.28. The lowest BCUT2D eigenvalue weighted by molar-refractivity contribution is 0.0785. The average Bonchev–Trinajstić information content (AvgIpc) is 3.20. The van der Waals surface area contributed by atoms with Crippen LogP contribution in [0, 0.1) is 0 Å². The minimum atomic E-state index is -0.249. The molecule has 2 heterocycles. The number of methoxy groups -OCH3 is 1. The molecule has 0 fully saturated rings. The molecule has 0 aliphatic heterocycles. The van der Waals surface area contributed by atoms with Crippen molar-refractivity contribution < 1.29 is 19.4 Å². The van der Waals surface area contributed by atoms with Gasteiger partial charge in [0.25, 0.3) is 11.9 Å². The van der Waals surface area contributed by atoms with Gasteiger partial charge in [0, 0.05) is 32.8 Å². The number of nitrogen functional groups attached to an aromatic ring is 1. The minimum Gasteiger partial charge on any atom is -0.480 e. The molecule has 0 spiro atoms. The van der Waals surface area contributed by atoms with Crippen molar-refractivity contribution in [1.29, 1.82) is 0 Å². The van der Waals surface area contributed by atoms with E-state index in [0.717, 1.165) is 16.7 Å². The number of nitrogens with two attached hydrogens (primary N) is 2. The van der Waals surface area contributed by atoms with Gasteiger partial charge in [-0.25, -0.2) is 0 Å². The first-order valence-electron chi connectivity index (χ1n) is 11.4. The predicted molar refractivity (Wildman–Crippen MR) is 134 cm³/mol. The van der Waals surface area contributed by atoms with Crippen molar-refractivity contribution in [3.05, 3.63) is 70.8 Å². The van der Waals surface area contributed by atoms with Crippen LogP contribution in [0.4, 0.5) is 5.82 Å². The number of aromatic nitrogens is 4. The number of hydrogen-bond donors (Lipinski definition) is 3. The maximum Gasteiger partial charge on any atom is 0.320 e. The number of aromatic hydroxyl groups is 1. The quantitative estimate of drug-likeness (QED) is 0.282. The van der Waals surface area contributed by atoms with E-state index in [1.165, 1.54) is 4.57 Å². The summed E-state index contributed by atoms with van der Waals surface area (Å²) in [5, 5.41) is 10.4. The van der Waals surface area contributed by atoms with Gasteiger partial charge in [-0.2, -0.15) is 15.0 Å². The summed E-state index contributed by atoms with van der Waals surface area (Å²) >= 11 is 0. The van der Waals surface area contributed by atoms with E-state index in [-0.39, 0.29) is 42.4 Å². The SMILES string of the molecule is COCCOc1nc(N)c2nc(O)n(Cc3ccc(C(=O)N(C)Cc4ccc(CN)cc4)cc3)c2n1. The molecule has 0 unspecified atom stereocenters. The molecule has 5 N–H and O–H groups in total. The highest BCUT2D eigenvalue weighted by Crippen LogP contribution is 2.26. The summed E-state index contributed by atoms with van der Waals surface area (Å²) in [6.45, 7) is 1.85. The Morgan fingerprint density at radius 2 is 1.67 bits per heavy atom.